The highest BCUT2D eigenvalue weighted by atomic mass is 19.4. The first-order valence-corrected chi connectivity index (χ1v) is 8.81. The van der Waals surface area contributed by atoms with E-state index in [0.717, 1.165) is 26.0 Å². The highest BCUT2D eigenvalue weighted by Crippen LogP contribution is 2.34. The summed E-state index contributed by atoms with van der Waals surface area (Å²) < 4.78 is 83.7. The zero-order valence-corrected chi connectivity index (χ0v) is 15.3. The lowest BCUT2D eigenvalue weighted by Gasteiger charge is -2.19. The third kappa shape index (κ3) is 4.57. The summed E-state index contributed by atoms with van der Waals surface area (Å²) in [5, 5.41) is 9.88. The minimum absolute atomic E-state index is 0.127. The fourth-order valence-electron chi connectivity index (χ4n) is 3.07. The average Bonchev–Trinajstić information content (AvgIpc) is 3.27. The first kappa shape index (κ1) is 21.2. The molecule has 3 rings (SSSR count). The lowest BCUT2D eigenvalue weighted by atomic mass is 9.99. The molecule has 3 atom stereocenters. The monoisotopic (exact) mass is 423 g/mol. The average molecular weight is 423 g/mol. The summed E-state index contributed by atoms with van der Waals surface area (Å²) in [6.07, 6.45) is -9.30. The van der Waals surface area contributed by atoms with E-state index in [4.69, 9.17) is 4.74 Å². The van der Waals surface area contributed by atoms with Crippen molar-refractivity contribution in [3.63, 3.8) is 0 Å². The molecule has 0 radical (unpaired) electrons. The molecular weight excluding hydrogens is 404 g/mol. The van der Waals surface area contributed by atoms with Crippen LogP contribution >= 0.6 is 0 Å². The maximum absolute atomic E-state index is 13.3. The normalized spacial score (nSPS) is 19.9. The second-order valence-electron chi connectivity index (χ2n) is 6.71. The van der Waals surface area contributed by atoms with Crippen LogP contribution in [0, 0.1) is 5.92 Å². The van der Waals surface area contributed by atoms with Crippen molar-refractivity contribution in [1.82, 2.24) is 19.9 Å². The van der Waals surface area contributed by atoms with E-state index in [-0.39, 0.29) is 17.9 Å². The Kier molecular flexibility index (Phi) is 5.65. The lowest BCUT2D eigenvalue weighted by molar-refractivity contribution is -0.189. The van der Waals surface area contributed by atoms with Crippen LogP contribution in [0.4, 0.5) is 32.3 Å². The number of anilines is 1. The van der Waals surface area contributed by atoms with E-state index in [2.05, 4.69) is 27.3 Å². The van der Waals surface area contributed by atoms with E-state index in [9.17, 15) is 26.3 Å². The van der Waals surface area contributed by atoms with Gasteiger partial charge in [-0.3, -0.25) is 0 Å². The molecule has 2 aromatic heterocycles. The zero-order valence-electron chi connectivity index (χ0n) is 15.3. The molecular formula is C17H19F6N5O. The Morgan fingerprint density at radius 1 is 1.31 bits per heavy atom. The van der Waals surface area contributed by atoms with Crippen LogP contribution in [0.15, 0.2) is 24.8 Å². The van der Waals surface area contributed by atoms with Gasteiger partial charge in [-0.05, 0) is 37.9 Å². The number of pyridine rings is 1. The van der Waals surface area contributed by atoms with Crippen molar-refractivity contribution < 1.29 is 31.1 Å². The minimum atomic E-state index is -4.79. The molecule has 12 heteroatoms. The fraction of sp³-hybridized carbons (Fsp3) is 0.529. The van der Waals surface area contributed by atoms with Crippen molar-refractivity contribution in [2.24, 2.45) is 5.92 Å². The third-order valence-electron chi connectivity index (χ3n) is 4.66. The van der Waals surface area contributed by atoms with Crippen molar-refractivity contribution in [1.29, 1.82) is 0 Å². The number of rotatable bonds is 6. The highest BCUT2D eigenvalue weighted by Gasteiger charge is 2.40. The predicted octanol–water partition coefficient (Wildman–Crippen LogP) is 3.65. The number of nitrogens with zero attached hydrogens (tertiary/aromatic N) is 3. The molecule has 0 aromatic carbocycles. The van der Waals surface area contributed by atoms with Crippen LogP contribution < -0.4 is 15.4 Å². The second kappa shape index (κ2) is 7.73. The molecule has 3 heterocycles. The zero-order chi connectivity index (χ0) is 21.4. The Morgan fingerprint density at radius 3 is 2.59 bits per heavy atom. The van der Waals surface area contributed by atoms with Crippen molar-refractivity contribution in [3.05, 3.63) is 30.5 Å². The van der Waals surface area contributed by atoms with Gasteiger partial charge in [0.2, 0.25) is 5.95 Å². The Morgan fingerprint density at radius 2 is 2.03 bits per heavy atom. The summed E-state index contributed by atoms with van der Waals surface area (Å²) in [4.78, 5) is 3.96. The summed E-state index contributed by atoms with van der Waals surface area (Å²) in [6, 6.07) is 1.09. The fourth-order valence-corrected chi connectivity index (χ4v) is 3.07. The molecule has 0 spiro atoms. The van der Waals surface area contributed by atoms with Crippen LogP contribution in [0.25, 0.3) is 5.65 Å². The van der Waals surface area contributed by atoms with Gasteiger partial charge in [0.15, 0.2) is 17.5 Å². The molecule has 0 saturated carbocycles. The summed E-state index contributed by atoms with van der Waals surface area (Å²) in [7, 11) is 0. The van der Waals surface area contributed by atoms with Crippen LogP contribution in [0.2, 0.25) is 0 Å². The van der Waals surface area contributed by atoms with Crippen molar-refractivity contribution in [2.45, 2.75) is 37.8 Å². The van der Waals surface area contributed by atoms with E-state index in [1.165, 1.54) is 0 Å². The summed E-state index contributed by atoms with van der Waals surface area (Å²) in [5.41, 5.74) is -1.65. The number of fused-ring (bicyclic) bond motifs is 1. The van der Waals surface area contributed by atoms with E-state index >= 15 is 0 Å². The summed E-state index contributed by atoms with van der Waals surface area (Å²) >= 11 is 0. The van der Waals surface area contributed by atoms with Crippen molar-refractivity contribution in [2.75, 3.05) is 18.4 Å². The Balaban J connectivity index is 2.00. The smallest absolute Gasteiger partial charge is 0.433 e. The number of aromatic nitrogens is 3. The SMILES string of the molecule is C=CC(Nc1nc2c(OC(C)C(F)(F)F)ccc(C(F)(F)F)n2n1)C1CCNC1. The van der Waals surface area contributed by atoms with Gasteiger partial charge in [0, 0.05) is 6.54 Å². The Labute approximate surface area is 161 Å². The molecule has 0 bridgehead atoms. The molecule has 1 aliphatic heterocycles. The molecule has 1 saturated heterocycles. The van der Waals surface area contributed by atoms with Crippen LogP contribution in [0.3, 0.4) is 0 Å². The molecule has 0 aliphatic carbocycles. The van der Waals surface area contributed by atoms with Crippen molar-refractivity contribution in [3.8, 4) is 5.75 Å². The predicted molar refractivity (Wildman–Crippen MR) is 92.7 cm³/mol. The van der Waals surface area contributed by atoms with Gasteiger partial charge in [0.05, 0.1) is 6.04 Å². The van der Waals surface area contributed by atoms with Gasteiger partial charge in [-0.15, -0.1) is 11.7 Å². The van der Waals surface area contributed by atoms with E-state index in [1.807, 2.05) is 0 Å². The molecule has 2 aromatic rings. The molecule has 2 N–H and O–H groups in total. The standard InChI is InChI=1S/C17H19F6N5O/c1-3-11(10-6-7-24-8-10)25-15-26-14-12(29-9(2)16(18,19)20)4-5-13(17(21,22)23)28(14)27-15/h3-5,9-11,24H,1,6-8H2,2H3,(H,25,27). The second-order valence-corrected chi connectivity index (χ2v) is 6.71. The van der Waals surface area contributed by atoms with Gasteiger partial charge in [0.1, 0.15) is 5.69 Å². The van der Waals surface area contributed by atoms with Gasteiger partial charge >= 0.3 is 12.4 Å². The number of nitrogens with one attached hydrogen (secondary N) is 2. The van der Waals surface area contributed by atoms with Crippen LogP contribution in [0.1, 0.15) is 19.0 Å². The maximum Gasteiger partial charge on any atom is 0.433 e. The van der Waals surface area contributed by atoms with Gasteiger partial charge in [0.25, 0.3) is 0 Å². The molecule has 29 heavy (non-hydrogen) atoms. The highest BCUT2D eigenvalue weighted by molar-refractivity contribution is 5.57. The van der Waals surface area contributed by atoms with Crippen LogP contribution in [-0.4, -0.2) is 46.0 Å². The molecule has 160 valence electrons. The first-order valence-electron chi connectivity index (χ1n) is 8.81. The number of ether oxygens (including phenoxy) is 1. The number of hydrogen-bond acceptors (Lipinski definition) is 5. The van der Waals surface area contributed by atoms with Gasteiger partial charge in [-0.1, -0.05) is 6.08 Å². The Bertz CT molecular complexity index is 872. The molecule has 3 unspecified atom stereocenters. The quantitative estimate of drug-likeness (QED) is 0.549. The summed E-state index contributed by atoms with van der Waals surface area (Å²) in [5.74, 6) is -0.494. The van der Waals surface area contributed by atoms with Gasteiger partial charge in [-0.25, -0.2) is 4.52 Å². The van der Waals surface area contributed by atoms with E-state index in [0.29, 0.717) is 17.1 Å². The first-order chi connectivity index (χ1) is 13.5. The van der Waals surface area contributed by atoms with Gasteiger partial charge < -0.3 is 15.4 Å². The van der Waals surface area contributed by atoms with Crippen LogP contribution in [-0.2, 0) is 6.18 Å². The maximum atomic E-state index is 13.3. The number of hydrogen-bond donors (Lipinski definition) is 2. The van der Waals surface area contributed by atoms with E-state index < -0.39 is 35.5 Å². The lowest BCUT2D eigenvalue weighted by Crippen LogP contribution is -2.31. The number of alkyl halides is 6. The molecule has 1 aliphatic rings. The topological polar surface area (TPSA) is 63.5 Å². The molecule has 1 fully saturated rings. The van der Waals surface area contributed by atoms with Crippen molar-refractivity contribution >= 4 is 11.6 Å². The third-order valence-corrected chi connectivity index (χ3v) is 4.66. The largest absolute Gasteiger partial charge is 0.477 e. The molecule has 6 nitrogen and oxygen atoms in total. The Hall–Kier alpha value is -2.50. The number of halogens is 6. The van der Waals surface area contributed by atoms with Crippen LogP contribution in [0.5, 0.6) is 5.75 Å². The molecule has 0 amide bonds. The summed E-state index contributed by atoms with van der Waals surface area (Å²) in [6.45, 7) is 5.94. The van der Waals surface area contributed by atoms with Gasteiger partial charge in [-0.2, -0.15) is 31.3 Å². The minimum Gasteiger partial charge on any atom is -0.477 e. The van der Waals surface area contributed by atoms with E-state index in [1.54, 1.807) is 6.08 Å².